The smallest absolute Gasteiger partial charge is 0.229 e. The third-order valence-electron chi connectivity index (χ3n) is 9.11. The lowest BCUT2D eigenvalue weighted by Crippen LogP contribution is -2.53. The predicted octanol–water partition coefficient (Wildman–Crippen LogP) is 5.72. The summed E-state index contributed by atoms with van der Waals surface area (Å²) in [6.07, 6.45) is 8.39. The van der Waals surface area contributed by atoms with Gasteiger partial charge in [-0.05, 0) is 72.3 Å². The first-order chi connectivity index (χ1) is 22.9. The molecule has 0 bridgehead atoms. The van der Waals surface area contributed by atoms with Gasteiger partial charge in [0, 0.05) is 86.6 Å². The van der Waals surface area contributed by atoms with Crippen molar-refractivity contribution in [3.05, 3.63) is 52.9 Å². The van der Waals surface area contributed by atoms with Crippen molar-refractivity contribution in [1.29, 1.82) is 5.26 Å². The molecule has 2 aliphatic rings. The maximum atomic E-state index is 9.03. The van der Waals surface area contributed by atoms with Gasteiger partial charge in [-0.15, -0.1) is 0 Å². The van der Waals surface area contributed by atoms with Gasteiger partial charge < -0.3 is 20.3 Å². The largest absolute Gasteiger partial charge is 0.494 e. The number of nitrogens with one attached hydrogen (secondary N) is 2. The van der Waals surface area contributed by atoms with E-state index in [-0.39, 0.29) is 0 Å². The number of hydrogen-bond donors (Lipinski definition) is 2. The molecule has 4 aromatic rings. The maximum absolute atomic E-state index is 9.03. The maximum Gasteiger partial charge on any atom is 0.229 e. The van der Waals surface area contributed by atoms with Crippen molar-refractivity contribution in [2.75, 3.05) is 81.8 Å². The Bertz CT molecular complexity index is 1750. The summed E-state index contributed by atoms with van der Waals surface area (Å²) in [6, 6.07) is 11.3. The lowest BCUT2D eigenvalue weighted by Gasteiger charge is -2.43. The number of rotatable bonds is 10. The summed E-state index contributed by atoms with van der Waals surface area (Å²) in [7, 11) is 1.24. The Morgan fingerprint density at radius 1 is 1.00 bits per heavy atom. The third-order valence-corrected chi connectivity index (χ3v) is 11.0. The minimum absolute atomic E-state index is 0.469. The fraction of sp³-hybridized carbons (Fsp3) is 0.441. The molecule has 13 heteroatoms. The number of piperidine rings is 1. The molecule has 11 nitrogen and oxygen atoms in total. The molecular formula is C34H42BrN10OP. The predicted molar refractivity (Wildman–Crippen MR) is 195 cm³/mol. The van der Waals surface area contributed by atoms with Gasteiger partial charge in [0.05, 0.1) is 40.9 Å². The molecule has 0 radical (unpaired) electrons. The molecule has 6 rings (SSSR count). The molecule has 2 aromatic carbocycles. The van der Waals surface area contributed by atoms with Crippen molar-refractivity contribution >= 4 is 69.0 Å². The van der Waals surface area contributed by atoms with Crippen LogP contribution in [0.1, 0.15) is 25.3 Å². The van der Waals surface area contributed by atoms with Gasteiger partial charge >= 0.3 is 0 Å². The number of aryl methyl sites for hydroxylation is 1. The summed E-state index contributed by atoms with van der Waals surface area (Å²) in [6.45, 7) is 13.3. The molecule has 2 N–H and O–H groups in total. The number of anilines is 5. The molecule has 0 amide bonds. The number of benzene rings is 2. The second kappa shape index (κ2) is 15.1. The van der Waals surface area contributed by atoms with E-state index in [0.717, 1.165) is 96.5 Å². The summed E-state index contributed by atoms with van der Waals surface area (Å²) < 4.78 is 6.67. The average molecular weight is 718 g/mol. The number of nitrogens with zero attached hydrogens (tertiary/aromatic N) is 8. The van der Waals surface area contributed by atoms with Crippen LogP contribution < -0.4 is 25.6 Å². The molecule has 2 aliphatic heterocycles. The van der Waals surface area contributed by atoms with Gasteiger partial charge in [-0.3, -0.25) is 19.8 Å². The first-order valence-electron chi connectivity index (χ1n) is 16.1. The van der Waals surface area contributed by atoms with Crippen LogP contribution in [0.4, 0.5) is 28.8 Å². The summed E-state index contributed by atoms with van der Waals surface area (Å²) in [5.74, 6) is 1.88. The lowest BCUT2D eigenvalue weighted by atomic mass is 9.99. The lowest BCUT2D eigenvalue weighted by molar-refractivity contribution is 0.0918. The molecule has 0 atom stereocenters. The highest BCUT2D eigenvalue weighted by molar-refractivity contribution is 9.10. The van der Waals surface area contributed by atoms with Crippen LogP contribution in [0.2, 0.25) is 0 Å². The van der Waals surface area contributed by atoms with Gasteiger partial charge in [0.15, 0.2) is 0 Å². The van der Waals surface area contributed by atoms with Crippen LogP contribution in [0.5, 0.6) is 5.75 Å². The van der Waals surface area contributed by atoms with Crippen LogP contribution in [0.3, 0.4) is 0 Å². The summed E-state index contributed by atoms with van der Waals surface area (Å²) in [4.78, 5) is 25.9. The fourth-order valence-electron chi connectivity index (χ4n) is 6.66. The molecule has 4 heterocycles. The topological polar surface area (TPSA) is 118 Å². The van der Waals surface area contributed by atoms with Crippen LogP contribution in [0.25, 0.3) is 11.0 Å². The molecule has 246 valence electrons. The van der Waals surface area contributed by atoms with E-state index in [0.29, 0.717) is 24.4 Å². The van der Waals surface area contributed by atoms with E-state index < -0.39 is 7.92 Å². The fourth-order valence-corrected chi connectivity index (χ4v) is 8.15. The highest BCUT2D eigenvalue weighted by Crippen LogP contribution is 2.38. The number of hydrogen-bond acceptors (Lipinski definition) is 11. The van der Waals surface area contributed by atoms with Crippen molar-refractivity contribution in [3.8, 4) is 11.8 Å². The Kier molecular flexibility index (Phi) is 10.7. The van der Waals surface area contributed by atoms with Crippen molar-refractivity contribution in [1.82, 2.24) is 29.7 Å². The number of aromatic nitrogens is 4. The first kappa shape index (κ1) is 33.3. The number of fused-ring (bicyclic) bond motifs is 1. The van der Waals surface area contributed by atoms with Gasteiger partial charge in [0.2, 0.25) is 5.95 Å². The quantitative estimate of drug-likeness (QED) is 0.155. The molecule has 2 aromatic heterocycles. The Morgan fingerprint density at radius 3 is 2.47 bits per heavy atom. The molecule has 0 aliphatic carbocycles. The molecule has 0 unspecified atom stereocenters. The SMILES string of the molecule is CCc1cc(Nc2ncc(Br)c(Nc3ccc4nccnc4c3P(C)C)n2)c(OC)cc1N1CCC(N2CCN(CC#N)CC2)CC1. The van der Waals surface area contributed by atoms with Crippen molar-refractivity contribution in [2.45, 2.75) is 32.2 Å². The van der Waals surface area contributed by atoms with E-state index >= 15 is 0 Å². The number of ether oxygens (including phenoxy) is 1. The van der Waals surface area contributed by atoms with Gasteiger partial charge in [0.25, 0.3) is 0 Å². The molecule has 47 heavy (non-hydrogen) atoms. The summed E-state index contributed by atoms with van der Waals surface area (Å²) >= 11 is 3.64. The zero-order valence-corrected chi connectivity index (χ0v) is 30.0. The van der Waals surface area contributed by atoms with E-state index in [2.05, 4.69) is 94.7 Å². The highest BCUT2D eigenvalue weighted by atomic mass is 79.9. The number of piperazine rings is 1. The Labute approximate surface area is 286 Å². The minimum atomic E-state index is -0.474. The van der Waals surface area contributed by atoms with Crippen molar-refractivity contribution in [3.63, 3.8) is 0 Å². The van der Waals surface area contributed by atoms with Gasteiger partial charge in [-0.2, -0.15) is 10.2 Å². The Morgan fingerprint density at radius 2 is 1.77 bits per heavy atom. The van der Waals surface area contributed by atoms with Crippen LogP contribution in [0, 0.1) is 11.3 Å². The number of halogens is 1. The summed E-state index contributed by atoms with van der Waals surface area (Å²) in [5.41, 5.74) is 6.07. The molecule has 0 spiro atoms. The van der Waals surface area contributed by atoms with Crippen molar-refractivity contribution < 1.29 is 4.74 Å². The van der Waals surface area contributed by atoms with Gasteiger partial charge in [0.1, 0.15) is 11.6 Å². The van der Waals surface area contributed by atoms with Crippen LogP contribution in [-0.4, -0.2) is 102 Å². The van der Waals surface area contributed by atoms with Crippen LogP contribution in [-0.2, 0) is 6.42 Å². The Balaban J connectivity index is 1.18. The second-order valence-corrected chi connectivity index (χ2v) is 15.2. The first-order valence-corrected chi connectivity index (χ1v) is 19.2. The average Bonchev–Trinajstić information content (AvgIpc) is 3.09. The minimum Gasteiger partial charge on any atom is -0.494 e. The number of methoxy groups -OCH3 is 1. The van der Waals surface area contributed by atoms with Crippen LogP contribution >= 0.6 is 23.9 Å². The van der Waals surface area contributed by atoms with E-state index in [4.69, 9.17) is 15.0 Å². The third kappa shape index (κ3) is 7.44. The van der Waals surface area contributed by atoms with E-state index in [1.165, 1.54) is 11.3 Å². The zero-order chi connectivity index (χ0) is 32.9. The standard InChI is InChI=1S/C34H42BrN10OP/c1-5-23-20-28(30(46-2)21-29(23)45-13-8-24(9-14-45)44-18-16-43(15-10-36)17-19-44)41-34-39-22-25(35)33(42-34)40-27-7-6-26-31(32(27)47(3)4)38-12-11-37-26/h6-7,11-12,20-22,24H,5,8-9,13-19H2,1-4H3,(H2,39,40,41,42). The van der Waals surface area contributed by atoms with Gasteiger partial charge in [-0.1, -0.05) is 14.8 Å². The van der Waals surface area contributed by atoms with Crippen LogP contribution in [0.15, 0.2) is 47.3 Å². The zero-order valence-electron chi connectivity index (χ0n) is 27.5. The monoisotopic (exact) mass is 716 g/mol. The van der Waals surface area contributed by atoms with Gasteiger partial charge in [-0.25, -0.2) is 4.98 Å². The summed E-state index contributed by atoms with van der Waals surface area (Å²) in [5, 5.41) is 17.1. The molecule has 0 saturated carbocycles. The van der Waals surface area contributed by atoms with E-state index in [1.807, 2.05) is 12.1 Å². The normalized spacial score (nSPS) is 16.4. The second-order valence-electron chi connectivity index (χ2n) is 12.1. The van der Waals surface area contributed by atoms with E-state index in [9.17, 15) is 0 Å². The van der Waals surface area contributed by atoms with E-state index in [1.54, 1.807) is 25.7 Å². The molecular weight excluding hydrogens is 675 g/mol. The molecule has 2 fully saturated rings. The Hall–Kier alpha value is -3.62. The number of nitriles is 1. The highest BCUT2D eigenvalue weighted by Gasteiger charge is 2.28. The molecule has 2 saturated heterocycles. The van der Waals surface area contributed by atoms with Crippen molar-refractivity contribution in [2.24, 2.45) is 0 Å².